The lowest BCUT2D eigenvalue weighted by Crippen LogP contribution is -2.37. The van der Waals surface area contributed by atoms with E-state index in [9.17, 15) is 14.0 Å². The second-order valence-electron chi connectivity index (χ2n) is 5.56. The van der Waals surface area contributed by atoms with Gasteiger partial charge in [0.25, 0.3) is 5.91 Å². The van der Waals surface area contributed by atoms with Crippen LogP contribution in [0.4, 0.5) is 10.1 Å². The topological polar surface area (TPSA) is 67.9 Å². The molecule has 2 aromatic rings. The molecule has 2 aromatic carbocycles. The summed E-state index contributed by atoms with van der Waals surface area (Å²) in [7, 11) is 0. The van der Waals surface area contributed by atoms with E-state index >= 15 is 0 Å². The number of benzene rings is 2. The number of carbonyl (C=O) groups excluding carboxylic acids is 2. The molecular weight excluding hydrogens is 363 g/mol. The van der Waals surface area contributed by atoms with Crippen LogP contribution in [0.5, 0.6) is 11.5 Å². The molecule has 0 saturated heterocycles. The molecule has 1 N–H and O–H groups in total. The molecule has 2 amide bonds. The number of fused-ring (bicyclic) bond motifs is 1. The molecule has 0 aliphatic carbocycles. The van der Waals surface area contributed by atoms with E-state index in [1.165, 1.54) is 24.0 Å². The Labute approximate surface area is 154 Å². The van der Waals surface area contributed by atoms with Crippen molar-refractivity contribution < 1.29 is 23.5 Å². The molecule has 0 spiro atoms. The molecule has 1 aliphatic heterocycles. The molecule has 8 heteroatoms. The Hall–Kier alpha value is -2.80. The first-order valence-corrected chi connectivity index (χ1v) is 8.25. The van der Waals surface area contributed by atoms with Gasteiger partial charge in [-0.15, -0.1) is 0 Å². The number of halogens is 2. The van der Waals surface area contributed by atoms with E-state index in [4.69, 9.17) is 21.1 Å². The van der Waals surface area contributed by atoms with Gasteiger partial charge in [0, 0.05) is 31.8 Å². The predicted octanol–water partition coefficient (Wildman–Crippen LogP) is 2.99. The highest BCUT2D eigenvalue weighted by atomic mass is 35.5. The Morgan fingerprint density at radius 2 is 2.00 bits per heavy atom. The maximum atomic E-state index is 13.8. The Bertz CT molecular complexity index is 839. The summed E-state index contributed by atoms with van der Waals surface area (Å²) in [6.07, 6.45) is 0. The maximum Gasteiger partial charge on any atom is 0.255 e. The monoisotopic (exact) mass is 378 g/mol. The fraction of sp³-hybridized carbons (Fsp3) is 0.222. The molecule has 0 atom stereocenters. The minimum Gasteiger partial charge on any atom is -0.454 e. The van der Waals surface area contributed by atoms with E-state index in [2.05, 4.69) is 5.32 Å². The summed E-state index contributed by atoms with van der Waals surface area (Å²) >= 11 is 5.88. The first-order chi connectivity index (χ1) is 12.5. The van der Waals surface area contributed by atoms with Crippen molar-refractivity contribution in [1.82, 2.24) is 5.32 Å². The molecule has 0 bridgehead atoms. The summed E-state index contributed by atoms with van der Waals surface area (Å²) in [5, 5.41) is 2.60. The van der Waals surface area contributed by atoms with Gasteiger partial charge in [-0.2, -0.15) is 0 Å². The van der Waals surface area contributed by atoms with E-state index in [0.717, 1.165) is 6.07 Å². The Balaban J connectivity index is 1.66. The van der Waals surface area contributed by atoms with Gasteiger partial charge in [-0.25, -0.2) is 4.39 Å². The van der Waals surface area contributed by atoms with Crippen molar-refractivity contribution >= 4 is 29.1 Å². The third-order valence-electron chi connectivity index (χ3n) is 3.86. The van der Waals surface area contributed by atoms with Gasteiger partial charge in [-0.3, -0.25) is 9.59 Å². The zero-order chi connectivity index (χ0) is 18.7. The Kier molecular flexibility index (Phi) is 5.27. The van der Waals surface area contributed by atoms with Crippen molar-refractivity contribution in [1.29, 1.82) is 0 Å². The fourth-order valence-electron chi connectivity index (χ4n) is 2.61. The zero-order valence-corrected chi connectivity index (χ0v) is 14.7. The minimum atomic E-state index is -0.700. The van der Waals surface area contributed by atoms with Crippen molar-refractivity contribution in [2.45, 2.75) is 6.92 Å². The van der Waals surface area contributed by atoms with Crippen LogP contribution in [0, 0.1) is 5.82 Å². The minimum absolute atomic E-state index is 0.0293. The van der Waals surface area contributed by atoms with Crippen molar-refractivity contribution in [3.63, 3.8) is 0 Å². The summed E-state index contributed by atoms with van der Waals surface area (Å²) in [6, 6.07) is 9.16. The van der Waals surface area contributed by atoms with Gasteiger partial charge in [-0.1, -0.05) is 17.7 Å². The Morgan fingerprint density at radius 1 is 1.23 bits per heavy atom. The highest BCUT2D eigenvalue weighted by molar-refractivity contribution is 6.33. The fourth-order valence-corrected chi connectivity index (χ4v) is 2.85. The first kappa shape index (κ1) is 18.0. The number of ether oxygens (including phenoxy) is 2. The van der Waals surface area contributed by atoms with Gasteiger partial charge in [0.15, 0.2) is 11.5 Å². The number of anilines is 1. The quantitative estimate of drug-likeness (QED) is 0.868. The average Bonchev–Trinajstić information content (AvgIpc) is 3.06. The first-order valence-electron chi connectivity index (χ1n) is 7.87. The molecule has 26 heavy (non-hydrogen) atoms. The third-order valence-corrected chi connectivity index (χ3v) is 4.17. The highest BCUT2D eigenvalue weighted by Crippen LogP contribution is 2.35. The molecule has 0 saturated carbocycles. The molecule has 0 unspecified atom stereocenters. The van der Waals surface area contributed by atoms with Crippen LogP contribution < -0.4 is 19.7 Å². The number of hydrogen-bond donors (Lipinski definition) is 1. The van der Waals surface area contributed by atoms with Gasteiger partial charge in [0.05, 0.1) is 10.6 Å². The molecule has 136 valence electrons. The maximum absolute atomic E-state index is 13.8. The van der Waals surface area contributed by atoms with Crippen molar-refractivity contribution in [3.8, 4) is 11.5 Å². The molecule has 0 radical (unpaired) electrons. The number of hydrogen-bond acceptors (Lipinski definition) is 4. The van der Waals surface area contributed by atoms with Crippen LogP contribution in [0.15, 0.2) is 36.4 Å². The second kappa shape index (κ2) is 7.61. The number of rotatable bonds is 5. The van der Waals surface area contributed by atoms with Crippen LogP contribution in [0.3, 0.4) is 0 Å². The van der Waals surface area contributed by atoms with Crippen LogP contribution in [0.25, 0.3) is 0 Å². The van der Waals surface area contributed by atoms with Crippen LogP contribution in [-0.2, 0) is 4.79 Å². The molecule has 0 fully saturated rings. The predicted molar refractivity (Wildman–Crippen MR) is 94.3 cm³/mol. The normalized spacial score (nSPS) is 12.0. The van der Waals surface area contributed by atoms with Crippen LogP contribution in [0.1, 0.15) is 17.3 Å². The third kappa shape index (κ3) is 3.72. The average molecular weight is 379 g/mol. The lowest BCUT2D eigenvalue weighted by Gasteiger charge is -2.21. The highest BCUT2D eigenvalue weighted by Gasteiger charge is 2.19. The molecule has 1 aliphatic rings. The summed E-state index contributed by atoms with van der Waals surface area (Å²) in [5.74, 6) is -0.380. The molecular formula is C18H16ClFN2O4. The summed E-state index contributed by atoms with van der Waals surface area (Å²) in [5.41, 5.74) is 0.395. The Morgan fingerprint density at radius 3 is 2.73 bits per heavy atom. The standard InChI is InChI=1S/C18H16ClFN2O4/c1-11(23)22(12-5-6-15-16(9-12)26-10-25-15)8-7-21-18(24)17-13(19)3-2-4-14(17)20/h2-6,9H,7-8,10H2,1H3,(H,21,24). The lowest BCUT2D eigenvalue weighted by atomic mass is 10.2. The molecule has 6 nitrogen and oxygen atoms in total. The molecule has 3 rings (SSSR count). The van der Waals surface area contributed by atoms with Crippen molar-refractivity contribution in [2.24, 2.45) is 0 Å². The zero-order valence-electron chi connectivity index (χ0n) is 13.9. The number of nitrogens with one attached hydrogen (secondary N) is 1. The number of nitrogens with zero attached hydrogens (tertiary/aromatic N) is 1. The van der Waals surface area contributed by atoms with E-state index in [0.29, 0.717) is 17.2 Å². The van der Waals surface area contributed by atoms with E-state index in [-0.39, 0.29) is 36.4 Å². The molecule has 0 aromatic heterocycles. The van der Waals surface area contributed by atoms with Gasteiger partial charge in [0.2, 0.25) is 12.7 Å². The summed E-state index contributed by atoms with van der Waals surface area (Å²) in [6.45, 7) is 1.88. The SMILES string of the molecule is CC(=O)N(CCNC(=O)c1c(F)cccc1Cl)c1ccc2c(c1)OCO2. The largest absolute Gasteiger partial charge is 0.454 e. The smallest absolute Gasteiger partial charge is 0.255 e. The second-order valence-corrected chi connectivity index (χ2v) is 5.97. The summed E-state index contributed by atoms with van der Waals surface area (Å²) in [4.78, 5) is 25.6. The van der Waals surface area contributed by atoms with Crippen LogP contribution >= 0.6 is 11.6 Å². The van der Waals surface area contributed by atoms with E-state index < -0.39 is 11.7 Å². The van der Waals surface area contributed by atoms with Crippen LogP contribution in [-0.4, -0.2) is 31.7 Å². The summed E-state index contributed by atoms with van der Waals surface area (Å²) < 4.78 is 24.3. The van der Waals surface area contributed by atoms with Gasteiger partial charge >= 0.3 is 0 Å². The van der Waals surface area contributed by atoms with Crippen molar-refractivity contribution in [3.05, 3.63) is 52.8 Å². The van der Waals surface area contributed by atoms with E-state index in [1.54, 1.807) is 18.2 Å². The number of carbonyl (C=O) groups is 2. The van der Waals surface area contributed by atoms with Gasteiger partial charge in [0.1, 0.15) is 5.82 Å². The van der Waals surface area contributed by atoms with E-state index in [1.807, 2.05) is 0 Å². The van der Waals surface area contributed by atoms with Crippen LogP contribution in [0.2, 0.25) is 5.02 Å². The lowest BCUT2D eigenvalue weighted by molar-refractivity contribution is -0.116. The number of amides is 2. The van der Waals surface area contributed by atoms with Crippen molar-refractivity contribution in [2.75, 3.05) is 24.8 Å². The van der Waals surface area contributed by atoms with Gasteiger partial charge < -0.3 is 19.7 Å². The van der Waals surface area contributed by atoms with Gasteiger partial charge in [-0.05, 0) is 24.3 Å². The molecule has 1 heterocycles.